The van der Waals surface area contributed by atoms with E-state index >= 15 is 0 Å². The van der Waals surface area contributed by atoms with Gasteiger partial charge < -0.3 is 15.2 Å². The standard InChI is InChI=1S/C16H18BrNO3/c1-16(2)13(7-14(16)19)18-15(20)10-5-9-6-11(17)3-4-12(9)21-8-10/h3-6,13-14,19H,7-8H2,1-2H3,(H,18,20). The molecule has 21 heavy (non-hydrogen) atoms. The third-order valence-corrected chi connectivity index (χ3v) is 4.99. The molecule has 1 amide bonds. The lowest BCUT2D eigenvalue weighted by molar-refractivity contribution is -0.126. The summed E-state index contributed by atoms with van der Waals surface area (Å²) in [5.74, 6) is 0.666. The van der Waals surface area contributed by atoms with Crippen molar-refractivity contribution >= 4 is 27.9 Å². The summed E-state index contributed by atoms with van der Waals surface area (Å²) < 4.78 is 6.57. The minimum absolute atomic E-state index is 0.00445. The molecule has 1 heterocycles. The molecule has 2 N–H and O–H groups in total. The lowest BCUT2D eigenvalue weighted by atomic mass is 9.64. The molecular weight excluding hydrogens is 334 g/mol. The predicted octanol–water partition coefficient (Wildman–Crippen LogP) is 2.50. The van der Waals surface area contributed by atoms with Gasteiger partial charge in [-0.15, -0.1) is 0 Å². The third-order valence-electron chi connectivity index (χ3n) is 4.50. The van der Waals surface area contributed by atoms with Gasteiger partial charge in [-0.3, -0.25) is 4.79 Å². The zero-order valence-corrected chi connectivity index (χ0v) is 13.6. The number of carbonyl (C=O) groups is 1. The van der Waals surface area contributed by atoms with Gasteiger partial charge >= 0.3 is 0 Å². The highest BCUT2D eigenvalue weighted by Gasteiger charge is 2.48. The van der Waals surface area contributed by atoms with Crippen LogP contribution in [0.4, 0.5) is 0 Å². The van der Waals surface area contributed by atoms with E-state index in [9.17, 15) is 9.90 Å². The van der Waals surface area contributed by atoms with Crippen LogP contribution in [-0.4, -0.2) is 29.8 Å². The van der Waals surface area contributed by atoms with E-state index in [1.807, 2.05) is 38.1 Å². The molecule has 5 heteroatoms. The monoisotopic (exact) mass is 351 g/mol. The van der Waals surface area contributed by atoms with Gasteiger partial charge in [0.2, 0.25) is 0 Å². The molecule has 0 bridgehead atoms. The Morgan fingerprint density at radius 1 is 1.48 bits per heavy atom. The number of carbonyl (C=O) groups excluding carboxylic acids is 1. The van der Waals surface area contributed by atoms with Crippen molar-refractivity contribution in [3.05, 3.63) is 33.8 Å². The minimum atomic E-state index is -0.351. The second-order valence-corrected chi connectivity index (χ2v) is 7.15. The summed E-state index contributed by atoms with van der Waals surface area (Å²) in [4.78, 5) is 12.3. The van der Waals surface area contributed by atoms with Crippen LogP contribution >= 0.6 is 15.9 Å². The van der Waals surface area contributed by atoms with Gasteiger partial charge in [-0.05, 0) is 30.7 Å². The van der Waals surface area contributed by atoms with E-state index in [2.05, 4.69) is 21.2 Å². The molecule has 4 nitrogen and oxygen atoms in total. The number of nitrogens with one attached hydrogen (secondary N) is 1. The number of fused-ring (bicyclic) bond motifs is 1. The first-order chi connectivity index (χ1) is 9.88. The van der Waals surface area contributed by atoms with Gasteiger partial charge in [-0.1, -0.05) is 29.8 Å². The number of aliphatic hydroxyl groups is 1. The second-order valence-electron chi connectivity index (χ2n) is 6.24. The molecule has 2 aliphatic rings. The smallest absolute Gasteiger partial charge is 0.250 e. The Kier molecular flexibility index (Phi) is 3.58. The summed E-state index contributed by atoms with van der Waals surface area (Å²) in [5.41, 5.74) is 1.23. The molecule has 1 aromatic carbocycles. The molecule has 1 aromatic rings. The topological polar surface area (TPSA) is 58.6 Å². The Balaban J connectivity index is 1.74. The van der Waals surface area contributed by atoms with E-state index in [1.54, 1.807) is 0 Å². The van der Waals surface area contributed by atoms with Gasteiger partial charge in [-0.25, -0.2) is 0 Å². The van der Waals surface area contributed by atoms with Gasteiger partial charge in [0.15, 0.2) is 0 Å². The maximum absolute atomic E-state index is 12.3. The molecule has 3 rings (SSSR count). The molecule has 2 unspecified atom stereocenters. The van der Waals surface area contributed by atoms with E-state index < -0.39 is 0 Å². The molecule has 0 spiro atoms. The molecule has 2 atom stereocenters. The summed E-state index contributed by atoms with van der Waals surface area (Å²) in [5, 5.41) is 12.7. The molecule has 1 fully saturated rings. The van der Waals surface area contributed by atoms with Crippen LogP contribution < -0.4 is 10.1 Å². The maximum atomic E-state index is 12.3. The molecule has 1 aliphatic heterocycles. The van der Waals surface area contributed by atoms with Crippen LogP contribution in [0.2, 0.25) is 0 Å². The van der Waals surface area contributed by atoms with Crippen LogP contribution in [0.3, 0.4) is 0 Å². The lowest BCUT2D eigenvalue weighted by Gasteiger charge is -2.49. The highest BCUT2D eigenvalue weighted by atomic mass is 79.9. The lowest BCUT2D eigenvalue weighted by Crippen LogP contribution is -2.61. The van der Waals surface area contributed by atoms with Crippen LogP contribution in [0, 0.1) is 5.41 Å². The molecule has 0 saturated heterocycles. The first-order valence-corrected chi connectivity index (χ1v) is 7.79. The fraction of sp³-hybridized carbons (Fsp3) is 0.438. The van der Waals surface area contributed by atoms with Crippen molar-refractivity contribution in [1.82, 2.24) is 5.32 Å². The Labute approximate surface area is 132 Å². The van der Waals surface area contributed by atoms with Crippen LogP contribution in [0.25, 0.3) is 6.08 Å². The van der Waals surface area contributed by atoms with Crippen molar-refractivity contribution in [1.29, 1.82) is 0 Å². The van der Waals surface area contributed by atoms with E-state index in [0.29, 0.717) is 12.0 Å². The zero-order chi connectivity index (χ0) is 15.2. The predicted molar refractivity (Wildman–Crippen MR) is 83.9 cm³/mol. The highest BCUT2D eigenvalue weighted by Crippen LogP contribution is 2.40. The average Bonchev–Trinajstić information content (AvgIpc) is 2.46. The molecular formula is C16H18BrNO3. The molecule has 112 valence electrons. The molecule has 1 aliphatic carbocycles. The van der Waals surface area contributed by atoms with Crippen molar-refractivity contribution in [2.75, 3.05) is 6.61 Å². The Morgan fingerprint density at radius 2 is 2.24 bits per heavy atom. The minimum Gasteiger partial charge on any atom is -0.488 e. The Hall–Kier alpha value is -1.33. The van der Waals surface area contributed by atoms with Gasteiger partial charge in [-0.2, -0.15) is 0 Å². The SMILES string of the molecule is CC1(C)C(O)CC1NC(=O)C1=Cc2cc(Br)ccc2OC1. The Morgan fingerprint density at radius 3 is 2.90 bits per heavy atom. The van der Waals surface area contributed by atoms with Gasteiger partial charge in [0, 0.05) is 21.5 Å². The summed E-state index contributed by atoms with van der Waals surface area (Å²) in [6, 6.07) is 5.73. The fourth-order valence-electron chi connectivity index (χ4n) is 2.68. The van der Waals surface area contributed by atoms with Crippen molar-refractivity contribution in [2.45, 2.75) is 32.4 Å². The first kappa shape index (κ1) is 14.6. The van der Waals surface area contributed by atoms with E-state index in [0.717, 1.165) is 15.8 Å². The molecule has 0 aromatic heterocycles. The molecule has 0 radical (unpaired) electrons. The summed E-state index contributed by atoms with van der Waals surface area (Å²) >= 11 is 3.42. The third kappa shape index (κ3) is 2.60. The van der Waals surface area contributed by atoms with Gasteiger partial charge in [0.1, 0.15) is 12.4 Å². The number of rotatable bonds is 2. The number of benzene rings is 1. The van der Waals surface area contributed by atoms with E-state index in [4.69, 9.17) is 4.74 Å². The van der Waals surface area contributed by atoms with Crippen molar-refractivity contribution < 1.29 is 14.6 Å². The van der Waals surface area contributed by atoms with Crippen molar-refractivity contribution in [3.63, 3.8) is 0 Å². The number of ether oxygens (including phenoxy) is 1. The van der Waals surface area contributed by atoms with Gasteiger partial charge in [0.05, 0.1) is 11.7 Å². The van der Waals surface area contributed by atoms with Crippen LogP contribution in [-0.2, 0) is 4.79 Å². The zero-order valence-electron chi connectivity index (χ0n) is 12.0. The largest absolute Gasteiger partial charge is 0.488 e. The fourth-order valence-corrected chi connectivity index (χ4v) is 3.06. The number of amides is 1. The number of hydrogen-bond acceptors (Lipinski definition) is 3. The number of halogens is 1. The summed E-state index contributed by atoms with van der Waals surface area (Å²) in [7, 11) is 0. The van der Waals surface area contributed by atoms with E-state index in [1.165, 1.54) is 0 Å². The number of hydrogen-bond donors (Lipinski definition) is 2. The first-order valence-electron chi connectivity index (χ1n) is 7.00. The highest BCUT2D eigenvalue weighted by molar-refractivity contribution is 9.10. The van der Waals surface area contributed by atoms with Crippen molar-refractivity contribution in [2.24, 2.45) is 5.41 Å². The van der Waals surface area contributed by atoms with Crippen LogP contribution in [0.5, 0.6) is 5.75 Å². The van der Waals surface area contributed by atoms with Crippen molar-refractivity contribution in [3.8, 4) is 5.75 Å². The van der Waals surface area contributed by atoms with Crippen LogP contribution in [0.1, 0.15) is 25.8 Å². The van der Waals surface area contributed by atoms with Crippen LogP contribution in [0.15, 0.2) is 28.2 Å². The number of aliphatic hydroxyl groups excluding tert-OH is 1. The summed E-state index contributed by atoms with van der Waals surface area (Å²) in [6.07, 6.45) is 2.12. The second kappa shape index (κ2) is 5.14. The Bertz CT molecular complexity index is 624. The average molecular weight is 352 g/mol. The van der Waals surface area contributed by atoms with E-state index in [-0.39, 0.29) is 30.1 Å². The normalized spacial score (nSPS) is 26.0. The maximum Gasteiger partial charge on any atom is 0.250 e. The summed E-state index contributed by atoms with van der Waals surface area (Å²) in [6.45, 7) is 4.20. The molecule has 1 saturated carbocycles. The quantitative estimate of drug-likeness (QED) is 0.860. The van der Waals surface area contributed by atoms with Gasteiger partial charge in [0.25, 0.3) is 5.91 Å².